The third-order valence-electron chi connectivity index (χ3n) is 3.56. The molecule has 0 aliphatic carbocycles. The fourth-order valence-electron chi connectivity index (χ4n) is 2.18. The van der Waals surface area contributed by atoms with Gasteiger partial charge >= 0.3 is 0 Å². The van der Waals surface area contributed by atoms with Crippen molar-refractivity contribution in [3.63, 3.8) is 0 Å². The Morgan fingerprint density at radius 3 is 2.75 bits per heavy atom. The number of hydrogen-bond donors (Lipinski definition) is 2. The van der Waals surface area contributed by atoms with Crippen molar-refractivity contribution in [2.45, 2.75) is 19.8 Å². The zero-order valence-corrected chi connectivity index (χ0v) is 14.3. The molecule has 0 bridgehead atoms. The molecule has 0 atom stereocenters. The number of nitrogens with one attached hydrogen (secondary N) is 2. The average molecular weight is 331 g/mol. The molecule has 2 aromatic rings. The molecule has 0 aliphatic heterocycles. The average Bonchev–Trinajstić information content (AvgIpc) is 3.06. The van der Waals surface area contributed by atoms with Gasteiger partial charge < -0.3 is 19.8 Å². The summed E-state index contributed by atoms with van der Waals surface area (Å²) >= 11 is 0. The topological polar surface area (TPSA) is 76.4 Å². The highest BCUT2D eigenvalue weighted by Gasteiger charge is 2.08. The van der Waals surface area contributed by atoms with Crippen LogP contribution in [0.25, 0.3) is 11.3 Å². The fourth-order valence-corrected chi connectivity index (χ4v) is 2.18. The summed E-state index contributed by atoms with van der Waals surface area (Å²) in [5, 5.41) is 6.03. The Morgan fingerprint density at radius 2 is 2.00 bits per heavy atom. The van der Waals surface area contributed by atoms with Crippen molar-refractivity contribution in [1.82, 2.24) is 15.6 Å². The SMILES string of the molecule is COCCNCCNC(=O)CCc1ncc(-c2ccc(C)cc2)o1. The van der Waals surface area contributed by atoms with E-state index in [2.05, 4.69) is 15.6 Å². The molecule has 6 heteroatoms. The molecular formula is C18H25N3O3. The summed E-state index contributed by atoms with van der Waals surface area (Å²) in [5.74, 6) is 1.31. The van der Waals surface area contributed by atoms with Crippen LogP contribution in [-0.4, -0.2) is 44.2 Å². The number of ether oxygens (including phenoxy) is 1. The van der Waals surface area contributed by atoms with E-state index in [1.54, 1.807) is 13.3 Å². The fraction of sp³-hybridized carbons (Fsp3) is 0.444. The minimum Gasteiger partial charge on any atom is -0.441 e. The van der Waals surface area contributed by atoms with Crippen LogP contribution in [0.15, 0.2) is 34.9 Å². The predicted octanol–water partition coefficient (Wildman–Crippen LogP) is 1.93. The number of oxazole rings is 1. The number of methoxy groups -OCH3 is 1. The van der Waals surface area contributed by atoms with E-state index in [4.69, 9.17) is 9.15 Å². The van der Waals surface area contributed by atoms with Crippen molar-refractivity contribution in [3.8, 4) is 11.3 Å². The standard InChI is InChI=1S/C18H25N3O3/c1-14-3-5-15(6-4-14)16-13-21-18(24-16)8-7-17(22)20-10-9-19-11-12-23-2/h3-6,13,19H,7-12H2,1-2H3,(H,20,22). The Kier molecular flexibility index (Phi) is 7.45. The first-order chi connectivity index (χ1) is 11.7. The van der Waals surface area contributed by atoms with E-state index in [-0.39, 0.29) is 5.91 Å². The van der Waals surface area contributed by atoms with E-state index in [0.717, 1.165) is 24.4 Å². The zero-order chi connectivity index (χ0) is 17.2. The van der Waals surface area contributed by atoms with Crippen LogP contribution in [0, 0.1) is 6.92 Å². The summed E-state index contributed by atoms with van der Waals surface area (Å²) in [4.78, 5) is 16.0. The summed E-state index contributed by atoms with van der Waals surface area (Å²) in [6.45, 7) is 4.82. The molecule has 2 N–H and O–H groups in total. The maximum Gasteiger partial charge on any atom is 0.220 e. The second kappa shape index (κ2) is 9.85. The normalized spacial score (nSPS) is 10.8. The van der Waals surface area contributed by atoms with Crippen LogP contribution in [0.1, 0.15) is 17.9 Å². The van der Waals surface area contributed by atoms with Gasteiger partial charge in [0.25, 0.3) is 0 Å². The molecule has 1 amide bonds. The maximum absolute atomic E-state index is 11.8. The lowest BCUT2D eigenvalue weighted by atomic mass is 10.1. The van der Waals surface area contributed by atoms with E-state index >= 15 is 0 Å². The van der Waals surface area contributed by atoms with Crippen molar-refractivity contribution in [2.24, 2.45) is 0 Å². The van der Waals surface area contributed by atoms with Crippen molar-refractivity contribution in [3.05, 3.63) is 41.9 Å². The maximum atomic E-state index is 11.8. The number of benzene rings is 1. The van der Waals surface area contributed by atoms with Gasteiger partial charge in [0, 0.05) is 45.1 Å². The van der Waals surface area contributed by atoms with E-state index in [9.17, 15) is 4.79 Å². The third kappa shape index (κ3) is 6.14. The van der Waals surface area contributed by atoms with Gasteiger partial charge in [0.2, 0.25) is 5.91 Å². The first-order valence-corrected chi connectivity index (χ1v) is 8.17. The second-order valence-electron chi connectivity index (χ2n) is 5.58. The first kappa shape index (κ1) is 18.2. The third-order valence-corrected chi connectivity index (χ3v) is 3.56. The van der Waals surface area contributed by atoms with Crippen molar-refractivity contribution in [1.29, 1.82) is 0 Å². The van der Waals surface area contributed by atoms with Gasteiger partial charge in [-0.1, -0.05) is 29.8 Å². The van der Waals surface area contributed by atoms with Crippen LogP contribution >= 0.6 is 0 Å². The van der Waals surface area contributed by atoms with Crippen molar-refractivity contribution >= 4 is 5.91 Å². The van der Waals surface area contributed by atoms with Gasteiger partial charge in [0.15, 0.2) is 11.7 Å². The molecule has 0 saturated carbocycles. The summed E-state index contributed by atoms with van der Waals surface area (Å²) < 4.78 is 10.6. The van der Waals surface area contributed by atoms with Crippen LogP contribution in [0.3, 0.4) is 0 Å². The molecule has 24 heavy (non-hydrogen) atoms. The summed E-state index contributed by atoms with van der Waals surface area (Å²) in [5.41, 5.74) is 2.19. The molecular weight excluding hydrogens is 306 g/mol. The highest BCUT2D eigenvalue weighted by molar-refractivity contribution is 5.76. The van der Waals surface area contributed by atoms with Crippen LogP contribution in [0.5, 0.6) is 0 Å². The Hall–Kier alpha value is -2.18. The van der Waals surface area contributed by atoms with E-state index in [0.29, 0.717) is 31.9 Å². The molecule has 130 valence electrons. The Balaban J connectivity index is 1.69. The lowest BCUT2D eigenvalue weighted by molar-refractivity contribution is -0.121. The van der Waals surface area contributed by atoms with Gasteiger partial charge in [-0.2, -0.15) is 0 Å². The van der Waals surface area contributed by atoms with Crippen LogP contribution in [-0.2, 0) is 16.0 Å². The van der Waals surface area contributed by atoms with Gasteiger partial charge in [-0.3, -0.25) is 4.79 Å². The smallest absolute Gasteiger partial charge is 0.220 e. The number of aryl methyl sites for hydroxylation is 2. The first-order valence-electron chi connectivity index (χ1n) is 8.17. The quantitative estimate of drug-likeness (QED) is 0.651. The number of hydrogen-bond acceptors (Lipinski definition) is 5. The minimum atomic E-state index is -0.00127. The Bertz CT molecular complexity index is 623. The van der Waals surface area contributed by atoms with Crippen molar-refractivity contribution in [2.75, 3.05) is 33.4 Å². The van der Waals surface area contributed by atoms with Crippen molar-refractivity contribution < 1.29 is 13.9 Å². The molecule has 2 rings (SSSR count). The van der Waals surface area contributed by atoms with E-state index < -0.39 is 0 Å². The number of rotatable bonds is 10. The second-order valence-corrected chi connectivity index (χ2v) is 5.58. The molecule has 0 fully saturated rings. The largest absolute Gasteiger partial charge is 0.441 e. The Morgan fingerprint density at radius 1 is 1.21 bits per heavy atom. The molecule has 1 aromatic heterocycles. The number of nitrogens with zero attached hydrogens (tertiary/aromatic N) is 1. The Labute approximate surface area is 142 Å². The zero-order valence-electron chi connectivity index (χ0n) is 14.3. The molecule has 1 heterocycles. The molecule has 0 saturated heterocycles. The molecule has 6 nitrogen and oxygen atoms in total. The van der Waals surface area contributed by atoms with Crippen LogP contribution in [0.2, 0.25) is 0 Å². The molecule has 1 aromatic carbocycles. The predicted molar refractivity (Wildman–Crippen MR) is 92.8 cm³/mol. The molecule has 0 spiro atoms. The highest BCUT2D eigenvalue weighted by Crippen LogP contribution is 2.21. The van der Waals surface area contributed by atoms with Gasteiger partial charge in [0.05, 0.1) is 12.8 Å². The van der Waals surface area contributed by atoms with Gasteiger partial charge in [-0.25, -0.2) is 4.98 Å². The van der Waals surface area contributed by atoms with Gasteiger partial charge in [-0.05, 0) is 6.92 Å². The highest BCUT2D eigenvalue weighted by atomic mass is 16.5. The van der Waals surface area contributed by atoms with Crippen LogP contribution in [0.4, 0.5) is 0 Å². The lowest BCUT2D eigenvalue weighted by Gasteiger charge is -2.05. The summed E-state index contributed by atoms with van der Waals surface area (Å²) in [7, 11) is 1.66. The van der Waals surface area contributed by atoms with Gasteiger partial charge in [-0.15, -0.1) is 0 Å². The van der Waals surface area contributed by atoms with Gasteiger partial charge in [0.1, 0.15) is 0 Å². The van der Waals surface area contributed by atoms with Crippen LogP contribution < -0.4 is 10.6 Å². The molecule has 0 radical (unpaired) electrons. The number of carbonyl (C=O) groups is 1. The number of amides is 1. The minimum absolute atomic E-state index is 0.00127. The summed E-state index contributed by atoms with van der Waals surface area (Å²) in [6, 6.07) is 8.07. The summed E-state index contributed by atoms with van der Waals surface area (Å²) in [6.07, 6.45) is 2.57. The number of aromatic nitrogens is 1. The number of carbonyl (C=O) groups excluding carboxylic acids is 1. The van der Waals surface area contributed by atoms with E-state index in [1.807, 2.05) is 31.2 Å². The lowest BCUT2D eigenvalue weighted by Crippen LogP contribution is -2.33. The van der Waals surface area contributed by atoms with E-state index in [1.165, 1.54) is 5.56 Å². The molecule has 0 unspecified atom stereocenters. The monoisotopic (exact) mass is 331 g/mol. The molecule has 0 aliphatic rings.